The van der Waals surface area contributed by atoms with Crippen molar-refractivity contribution in [3.8, 4) is 11.3 Å². The Kier molecular flexibility index (Phi) is 7.42. The number of rotatable bonds is 9. The van der Waals surface area contributed by atoms with Gasteiger partial charge in [0.2, 0.25) is 10.0 Å². The first kappa shape index (κ1) is 28.7. The van der Waals surface area contributed by atoms with Crippen LogP contribution in [-0.4, -0.2) is 49.4 Å². The Bertz CT molecular complexity index is 1650. The number of fused-ring (bicyclic) bond motifs is 2. The maximum Gasteiger partial charge on any atom is 0.344 e. The van der Waals surface area contributed by atoms with Gasteiger partial charge in [-0.2, -0.15) is 0 Å². The van der Waals surface area contributed by atoms with Crippen LogP contribution < -0.4 is 9.62 Å². The van der Waals surface area contributed by atoms with Gasteiger partial charge in [0, 0.05) is 47.7 Å². The number of carbonyl (C=O) groups excluding carboxylic acids is 2. The molecule has 2 saturated heterocycles. The number of piperidine rings is 1. The van der Waals surface area contributed by atoms with E-state index in [4.69, 9.17) is 32.5 Å². The molecule has 2 bridgehead atoms. The average molecular weight is 645 g/mol. The summed E-state index contributed by atoms with van der Waals surface area (Å²) in [6, 6.07) is 12.5. The van der Waals surface area contributed by atoms with Crippen LogP contribution in [0.25, 0.3) is 11.3 Å². The molecule has 0 radical (unpaired) electrons. The molecule has 3 heterocycles. The maximum atomic E-state index is 13.7. The van der Waals surface area contributed by atoms with Crippen LogP contribution >= 0.6 is 23.2 Å². The highest BCUT2D eigenvalue weighted by atomic mass is 35.5. The lowest BCUT2D eigenvalue weighted by atomic mass is 9.98. The van der Waals surface area contributed by atoms with Crippen molar-refractivity contribution in [1.29, 1.82) is 0 Å². The highest BCUT2D eigenvalue weighted by Gasteiger charge is 2.44. The van der Waals surface area contributed by atoms with Crippen molar-refractivity contribution in [3.05, 3.63) is 69.4 Å². The Morgan fingerprint density at radius 3 is 2.21 bits per heavy atom. The number of anilines is 1. The summed E-state index contributed by atoms with van der Waals surface area (Å²) in [4.78, 5) is 28.6. The molecular formula is C31H31Cl2N3O6S. The van der Waals surface area contributed by atoms with Gasteiger partial charge in [0.25, 0.3) is 5.91 Å². The van der Waals surface area contributed by atoms with E-state index in [9.17, 15) is 18.0 Å². The van der Waals surface area contributed by atoms with Gasteiger partial charge in [-0.3, -0.25) is 4.79 Å². The zero-order chi connectivity index (χ0) is 29.9. The third kappa shape index (κ3) is 5.89. The molecule has 3 atom stereocenters. The predicted molar refractivity (Wildman–Crippen MR) is 162 cm³/mol. The topological polar surface area (TPSA) is 119 Å². The minimum absolute atomic E-state index is 0.00619. The number of hydrogen-bond donors (Lipinski definition) is 1. The van der Waals surface area contributed by atoms with Crippen LogP contribution in [0.2, 0.25) is 10.0 Å². The fourth-order valence-corrected chi connectivity index (χ4v) is 8.51. The summed E-state index contributed by atoms with van der Waals surface area (Å²) >= 11 is 12.9. The minimum atomic E-state index is -3.64. The van der Waals surface area contributed by atoms with Crippen molar-refractivity contribution in [2.45, 2.75) is 75.5 Å². The van der Waals surface area contributed by atoms with Crippen molar-refractivity contribution in [3.63, 3.8) is 0 Å². The molecule has 4 aliphatic rings. The number of benzene rings is 2. The van der Waals surface area contributed by atoms with E-state index in [0.717, 1.165) is 44.2 Å². The monoisotopic (exact) mass is 643 g/mol. The highest BCUT2D eigenvalue weighted by molar-refractivity contribution is 7.90. The molecule has 2 aliphatic carbocycles. The summed E-state index contributed by atoms with van der Waals surface area (Å²) in [5.41, 5.74) is 2.34. The maximum absolute atomic E-state index is 13.7. The summed E-state index contributed by atoms with van der Waals surface area (Å²) in [7, 11) is -3.64. The van der Waals surface area contributed by atoms with Crippen LogP contribution in [0.1, 0.15) is 83.8 Å². The molecule has 9 nitrogen and oxygen atoms in total. The van der Waals surface area contributed by atoms with Gasteiger partial charge in [-0.1, -0.05) is 34.4 Å². The second-order valence-corrected chi connectivity index (χ2v) is 14.7. The van der Waals surface area contributed by atoms with Crippen molar-refractivity contribution < 1.29 is 27.3 Å². The van der Waals surface area contributed by atoms with Gasteiger partial charge < -0.3 is 14.2 Å². The molecule has 2 aromatic carbocycles. The number of ether oxygens (including phenoxy) is 1. The lowest BCUT2D eigenvalue weighted by Crippen LogP contribution is -2.46. The first-order valence-corrected chi connectivity index (χ1v) is 17.2. The fraction of sp³-hybridized carbons (Fsp3) is 0.452. The average Bonchev–Trinajstić information content (AvgIpc) is 3.89. The molecule has 1 N–H and O–H groups in total. The van der Waals surface area contributed by atoms with E-state index < -0.39 is 21.9 Å². The largest absolute Gasteiger partial charge is 0.458 e. The number of esters is 1. The number of halogens is 2. The lowest BCUT2D eigenvalue weighted by Gasteiger charge is -2.40. The molecule has 0 spiro atoms. The summed E-state index contributed by atoms with van der Waals surface area (Å²) < 4.78 is 38.4. The third-order valence-corrected chi connectivity index (χ3v) is 10.9. The molecule has 7 rings (SSSR count). The second-order valence-electron chi connectivity index (χ2n) is 12.1. The fourth-order valence-electron chi connectivity index (χ4n) is 6.50. The molecule has 4 fully saturated rings. The molecule has 43 heavy (non-hydrogen) atoms. The Morgan fingerprint density at radius 1 is 0.953 bits per heavy atom. The second kappa shape index (κ2) is 11.1. The molecule has 226 valence electrons. The Hall–Kier alpha value is -3.08. The Morgan fingerprint density at radius 2 is 1.60 bits per heavy atom. The standard InChI is InChI=1S/C31H31Cl2N3O6S/c32-24-2-1-3-25(33)26(24)28-27(29(42-34-28)18-6-7-18)31(38)41-23-14-21-12-13-22(15-23)36(21)20-10-8-19(9-11-20)30(37)35-43(39,40)16-17-4-5-17/h1-3,8-11,17-18,21-23H,4-7,12-16H2,(H,35,37)/t21-,22+,23-. The number of nitrogens with one attached hydrogen (secondary N) is 1. The molecule has 3 aromatic rings. The van der Waals surface area contributed by atoms with Gasteiger partial charge in [0.05, 0.1) is 15.8 Å². The van der Waals surface area contributed by atoms with E-state index in [0.29, 0.717) is 51.0 Å². The van der Waals surface area contributed by atoms with Crippen LogP contribution in [0.4, 0.5) is 5.69 Å². The molecule has 0 unspecified atom stereocenters. The molecule has 2 aliphatic heterocycles. The quantitative estimate of drug-likeness (QED) is 0.268. The number of aromatic nitrogens is 1. The zero-order valence-corrected chi connectivity index (χ0v) is 25.6. The van der Waals surface area contributed by atoms with Crippen LogP contribution in [0.5, 0.6) is 0 Å². The summed E-state index contributed by atoms with van der Waals surface area (Å²) in [6.45, 7) is 0. The zero-order valence-electron chi connectivity index (χ0n) is 23.3. The number of sulfonamides is 1. The van der Waals surface area contributed by atoms with Gasteiger partial charge in [0.1, 0.15) is 17.4 Å². The van der Waals surface area contributed by atoms with Gasteiger partial charge >= 0.3 is 5.97 Å². The van der Waals surface area contributed by atoms with Gasteiger partial charge in [-0.25, -0.2) is 17.9 Å². The summed E-state index contributed by atoms with van der Waals surface area (Å²) in [5.74, 6) is -0.276. The molecule has 1 aromatic heterocycles. The van der Waals surface area contributed by atoms with E-state index in [-0.39, 0.29) is 35.8 Å². The number of amides is 1. The van der Waals surface area contributed by atoms with Gasteiger partial charge in [0.15, 0.2) is 5.76 Å². The van der Waals surface area contributed by atoms with E-state index >= 15 is 0 Å². The van der Waals surface area contributed by atoms with Crippen LogP contribution in [0.3, 0.4) is 0 Å². The van der Waals surface area contributed by atoms with E-state index in [1.807, 2.05) is 12.1 Å². The van der Waals surface area contributed by atoms with Crippen LogP contribution in [0.15, 0.2) is 47.0 Å². The van der Waals surface area contributed by atoms with Crippen molar-refractivity contribution in [2.24, 2.45) is 5.92 Å². The lowest BCUT2D eigenvalue weighted by molar-refractivity contribution is 0.0202. The molecular weight excluding hydrogens is 613 g/mol. The van der Waals surface area contributed by atoms with E-state index in [1.54, 1.807) is 30.3 Å². The minimum Gasteiger partial charge on any atom is -0.458 e. The first-order valence-electron chi connectivity index (χ1n) is 14.7. The molecule has 12 heteroatoms. The van der Waals surface area contributed by atoms with E-state index in [2.05, 4.69) is 14.8 Å². The number of carbonyl (C=O) groups is 2. The summed E-state index contributed by atoms with van der Waals surface area (Å²) in [5, 5.41) is 4.98. The normalized spacial score (nSPS) is 23.3. The van der Waals surface area contributed by atoms with Crippen LogP contribution in [-0.2, 0) is 14.8 Å². The summed E-state index contributed by atoms with van der Waals surface area (Å²) in [6.07, 6.45) is 6.59. The van der Waals surface area contributed by atoms with Gasteiger partial charge in [-0.15, -0.1) is 0 Å². The van der Waals surface area contributed by atoms with Crippen molar-refractivity contribution in [2.75, 3.05) is 10.7 Å². The van der Waals surface area contributed by atoms with Gasteiger partial charge in [-0.05, 0) is 80.8 Å². The van der Waals surface area contributed by atoms with E-state index in [1.165, 1.54) is 0 Å². The number of hydrogen-bond acceptors (Lipinski definition) is 8. The van der Waals surface area contributed by atoms with Crippen molar-refractivity contribution in [1.82, 2.24) is 9.88 Å². The predicted octanol–water partition coefficient (Wildman–Crippen LogP) is 6.35. The van der Waals surface area contributed by atoms with Crippen LogP contribution in [0, 0.1) is 5.92 Å². The number of nitrogens with zero attached hydrogens (tertiary/aromatic N) is 2. The molecule has 1 amide bonds. The highest BCUT2D eigenvalue weighted by Crippen LogP contribution is 2.47. The van der Waals surface area contributed by atoms with Crippen molar-refractivity contribution >= 4 is 50.8 Å². The molecule has 2 saturated carbocycles. The smallest absolute Gasteiger partial charge is 0.344 e. The first-order chi connectivity index (χ1) is 20.7. The Labute approximate surface area is 259 Å². The SMILES string of the molecule is O=C(NS(=O)(=O)CC1CC1)c1ccc(N2[C@@H]3CC[C@H]2C[C@H](OC(=O)c2c(-c4c(Cl)cccc4Cl)noc2C2CC2)C3)cc1. The third-order valence-electron chi connectivity index (χ3n) is 8.86. The Balaban J connectivity index is 1.04.